The van der Waals surface area contributed by atoms with E-state index in [4.69, 9.17) is 0 Å². The molecule has 59 heavy (non-hydrogen) atoms. The smallest absolute Gasteiger partial charge is 0.0712 e. The topological polar surface area (TPSA) is 0 Å². The molecule has 10 aliphatic rings. The lowest BCUT2D eigenvalue weighted by Gasteiger charge is -2.38. The van der Waals surface area contributed by atoms with Crippen LogP contribution in [0, 0.1) is 17.3 Å². The van der Waals surface area contributed by atoms with Crippen molar-refractivity contribution in [2.24, 2.45) is 17.3 Å². The summed E-state index contributed by atoms with van der Waals surface area (Å²) < 4.78 is 0. The van der Waals surface area contributed by atoms with Gasteiger partial charge in [-0.25, -0.2) is 0 Å². The normalized spacial score (nSPS) is 28.2. The van der Waals surface area contributed by atoms with E-state index < -0.39 is 0 Å². The minimum atomic E-state index is -0.114. The van der Waals surface area contributed by atoms with Crippen LogP contribution in [-0.2, 0) is 0 Å². The van der Waals surface area contributed by atoms with Crippen molar-refractivity contribution in [2.75, 3.05) is 0 Å². The quantitative estimate of drug-likeness (QED) is 0.259. The van der Waals surface area contributed by atoms with Crippen molar-refractivity contribution in [2.45, 2.75) is 116 Å². The van der Waals surface area contributed by atoms with E-state index in [2.05, 4.69) is 147 Å². The van der Waals surface area contributed by atoms with Gasteiger partial charge in [0.15, 0.2) is 0 Å². The minimum absolute atomic E-state index is 0.114. The molecule has 1 aromatic rings. The van der Waals surface area contributed by atoms with Crippen molar-refractivity contribution in [1.82, 2.24) is 0 Å². The number of fused-ring (bicyclic) bond motifs is 6. The van der Waals surface area contributed by atoms with E-state index in [1.54, 1.807) is 61.3 Å². The van der Waals surface area contributed by atoms with Crippen LogP contribution in [0.3, 0.4) is 0 Å². The summed E-state index contributed by atoms with van der Waals surface area (Å²) >= 11 is 0. The van der Waals surface area contributed by atoms with Gasteiger partial charge >= 0.3 is 0 Å². The molecule has 10 aliphatic carbocycles. The van der Waals surface area contributed by atoms with Gasteiger partial charge in [-0.2, -0.15) is 0 Å². The summed E-state index contributed by atoms with van der Waals surface area (Å²) in [5.74, 6) is 1.84. The molecule has 296 valence electrons. The zero-order valence-electron chi connectivity index (χ0n) is 35.4. The predicted octanol–water partition coefficient (Wildman–Crippen LogP) is 15.8. The Morgan fingerprint density at radius 3 is 1.93 bits per heavy atom. The van der Waals surface area contributed by atoms with E-state index in [1.165, 1.54) is 85.6 Å². The fraction of sp³-hybridized carbons (Fsp3) is 0.356. The Labute approximate surface area is 354 Å². The summed E-state index contributed by atoms with van der Waals surface area (Å²) in [7, 11) is 0. The summed E-state index contributed by atoms with van der Waals surface area (Å²) in [5.41, 5.74) is 25.3. The van der Waals surface area contributed by atoms with E-state index in [1.807, 2.05) is 0 Å². The molecule has 0 nitrogen and oxygen atoms in total. The molecule has 0 radical (unpaired) electrons. The van der Waals surface area contributed by atoms with Gasteiger partial charge in [0.05, 0.1) is 5.41 Å². The van der Waals surface area contributed by atoms with Crippen molar-refractivity contribution >= 4 is 0 Å². The van der Waals surface area contributed by atoms with E-state index in [0.717, 1.165) is 32.1 Å². The van der Waals surface area contributed by atoms with Gasteiger partial charge in [-0.1, -0.05) is 152 Å². The first-order valence-corrected chi connectivity index (χ1v) is 23.3. The molecule has 1 aromatic carbocycles. The Morgan fingerprint density at radius 1 is 0.610 bits per heavy atom. The molecular formula is C59H60. The zero-order valence-corrected chi connectivity index (χ0v) is 35.4. The van der Waals surface area contributed by atoms with E-state index in [0.29, 0.717) is 23.7 Å². The van der Waals surface area contributed by atoms with Gasteiger partial charge in [-0.05, 0) is 181 Å². The first-order chi connectivity index (χ1) is 29.1. The highest BCUT2D eigenvalue weighted by Gasteiger charge is 2.55. The molecular weight excluding hydrogens is 709 g/mol. The number of hydrogen-bond acceptors (Lipinski definition) is 0. The van der Waals surface area contributed by atoms with Crippen LogP contribution in [0.2, 0.25) is 0 Å². The van der Waals surface area contributed by atoms with Crippen LogP contribution in [0.5, 0.6) is 0 Å². The molecule has 4 atom stereocenters. The van der Waals surface area contributed by atoms with Crippen molar-refractivity contribution in [3.05, 3.63) is 223 Å². The predicted molar refractivity (Wildman–Crippen MR) is 249 cm³/mol. The Hall–Kier alpha value is -4.94. The van der Waals surface area contributed by atoms with Crippen molar-refractivity contribution in [3.63, 3.8) is 0 Å². The average Bonchev–Trinajstić information content (AvgIpc) is 3.77. The SMILES string of the molecule is CC1=C(CC(C2=CCC(C3=CCCC=C3)C=C2)c2ccc(C3C=CC=CC3)cc2)CC(C)C(C2=CC3=C(CC2)C2=C(C=CCC2)C32C3=C(CCC=C3)C3=C2C=CCC3)=C1. The van der Waals surface area contributed by atoms with Gasteiger partial charge < -0.3 is 0 Å². The average molecular weight is 769 g/mol. The lowest BCUT2D eigenvalue weighted by molar-refractivity contribution is 0.611. The van der Waals surface area contributed by atoms with Crippen LogP contribution < -0.4 is 0 Å². The molecule has 4 unspecified atom stereocenters. The van der Waals surface area contributed by atoms with Crippen LogP contribution in [0.4, 0.5) is 0 Å². The highest BCUT2D eigenvalue weighted by Crippen LogP contribution is 2.67. The van der Waals surface area contributed by atoms with Gasteiger partial charge in [-0.3, -0.25) is 0 Å². The molecule has 0 amide bonds. The Balaban J connectivity index is 0.937. The molecule has 1 spiro atoms. The lowest BCUT2D eigenvalue weighted by Crippen LogP contribution is -2.27. The van der Waals surface area contributed by atoms with E-state index in [9.17, 15) is 0 Å². The first kappa shape index (κ1) is 37.1. The molecule has 0 fully saturated rings. The van der Waals surface area contributed by atoms with E-state index in [-0.39, 0.29) is 5.41 Å². The molecule has 0 N–H and O–H groups in total. The van der Waals surface area contributed by atoms with Crippen LogP contribution in [0.25, 0.3) is 0 Å². The van der Waals surface area contributed by atoms with Gasteiger partial charge in [-0.15, -0.1) is 0 Å². The summed E-state index contributed by atoms with van der Waals surface area (Å²) in [4.78, 5) is 0. The molecule has 0 saturated carbocycles. The van der Waals surface area contributed by atoms with Crippen molar-refractivity contribution in [3.8, 4) is 0 Å². The second-order valence-electron chi connectivity index (χ2n) is 19.0. The minimum Gasteiger partial charge on any atom is -0.0839 e. The lowest BCUT2D eigenvalue weighted by atomic mass is 9.64. The standard InChI is InChI=1S/C59H60/c1-39-36-53(47-33-34-52-51-21-11-14-24-57(51)59(58(52)38-47)55-22-12-9-19-49(55)50-20-10-13-23-56(50)59)40(2)35-48(39)37-54(45-29-25-43(26-30-45)41-15-5-3-6-16-41)46-31-27-44(28-32-46)42-17-7-4-8-18-42/h3,5-7,12-15,17-18,22-27,29-32,36,38,40-41,44,54H,4,8-11,16,19-21,28,33-35,37H2,1-2H3. The molecule has 0 bridgehead atoms. The maximum Gasteiger partial charge on any atom is 0.0712 e. The molecule has 0 heterocycles. The van der Waals surface area contributed by atoms with Crippen LogP contribution >= 0.6 is 0 Å². The van der Waals surface area contributed by atoms with Gasteiger partial charge in [0.1, 0.15) is 0 Å². The van der Waals surface area contributed by atoms with Crippen molar-refractivity contribution < 1.29 is 0 Å². The van der Waals surface area contributed by atoms with E-state index >= 15 is 0 Å². The number of benzene rings is 1. The fourth-order valence-electron chi connectivity index (χ4n) is 12.8. The van der Waals surface area contributed by atoms with Crippen LogP contribution in [0.15, 0.2) is 212 Å². The van der Waals surface area contributed by atoms with Crippen LogP contribution in [0.1, 0.15) is 127 Å². The number of hydrogen-bond donors (Lipinski definition) is 0. The highest BCUT2D eigenvalue weighted by atomic mass is 14.6. The second-order valence-corrected chi connectivity index (χ2v) is 19.0. The zero-order chi connectivity index (χ0) is 39.5. The summed E-state index contributed by atoms with van der Waals surface area (Å²) in [6.07, 6.45) is 60.5. The highest BCUT2D eigenvalue weighted by molar-refractivity contribution is 5.80. The molecule has 0 aromatic heterocycles. The molecule has 11 rings (SSSR count). The molecule has 0 saturated heterocycles. The molecule has 0 aliphatic heterocycles. The maximum atomic E-state index is 2.74. The van der Waals surface area contributed by atoms with Gasteiger partial charge in [0.2, 0.25) is 0 Å². The fourth-order valence-corrected chi connectivity index (χ4v) is 12.8. The number of rotatable bonds is 7. The maximum absolute atomic E-state index is 2.74. The van der Waals surface area contributed by atoms with Crippen molar-refractivity contribution in [1.29, 1.82) is 0 Å². The first-order valence-electron chi connectivity index (χ1n) is 23.3. The monoisotopic (exact) mass is 768 g/mol. The largest absolute Gasteiger partial charge is 0.0839 e. The van der Waals surface area contributed by atoms with Crippen LogP contribution in [-0.4, -0.2) is 0 Å². The van der Waals surface area contributed by atoms with Gasteiger partial charge in [0.25, 0.3) is 0 Å². The number of allylic oxidation sites excluding steroid dienone is 32. The Morgan fingerprint density at radius 2 is 1.31 bits per heavy atom. The summed E-state index contributed by atoms with van der Waals surface area (Å²) in [5, 5.41) is 0. The Bertz CT molecular complexity index is 2440. The third-order valence-electron chi connectivity index (χ3n) is 15.7. The second kappa shape index (κ2) is 15.3. The Kier molecular flexibility index (Phi) is 9.60. The summed E-state index contributed by atoms with van der Waals surface area (Å²) in [6, 6.07) is 9.74. The molecule has 0 heteroatoms. The third kappa shape index (κ3) is 6.23. The van der Waals surface area contributed by atoms with Gasteiger partial charge in [0, 0.05) is 17.8 Å². The summed E-state index contributed by atoms with van der Waals surface area (Å²) in [6.45, 7) is 4.95. The third-order valence-corrected chi connectivity index (χ3v) is 15.7.